The lowest BCUT2D eigenvalue weighted by Gasteiger charge is -2.36. The zero-order valence-corrected chi connectivity index (χ0v) is 13.0. The minimum Gasteiger partial charge on any atom is -0.337 e. The average Bonchev–Trinajstić information content (AvgIpc) is 3.18. The molecule has 2 atom stereocenters. The van der Waals surface area contributed by atoms with Gasteiger partial charge in [-0.05, 0) is 25.7 Å². The van der Waals surface area contributed by atoms with Crippen LogP contribution >= 0.6 is 11.3 Å². The number of carbonyl (C=O) groups excluding carboxylic acids is 2. The van der Waals surface area contributed by atoms with Crippen LogP contribution in [-0.4, -0.2) is 57.9 Å². The fraction of sp³-hybridized carbons (Fsp3) is 0.667. The Kier molecular flexibility index (Phi) is 3.21. The molecule has 1 aromatic heterocycles. The smallest absolute Gasteiger partial charge is 0.273 e. The lowest BCUT2D eigenvalue weighted by atomic mass is 9.81. The molecule has 2 amide bonds. The molecule has 118 valence electrons. The molecule has 3 fully saturated rings. The van der Waals surface area contributed by atoms with Crippen molar-refractivity contribution in [3.63, 3.8) is 0 Å². The molecule has 2 saturated heterocycles. The maximum Gasteiger partial charge on any atom is 0.273 e. The Morgan fingerprint density at radius 2 is 2.18 bits per heavy atom. The quantitative estimate of drug-likeness (QED) is 0.832. The zero-order chi connectivity index (χ0) is 15.3. The first kappa shape index (κ1) is 14.1. The molecule has 0 spiro atoms. The summed E-state index contributed by atoms with van der Waals surface area (Å²) in [7, 11) is 0. The molecule has 0 aromatic carbocycles. The summed E-state index contributed by atoms with van der Waals surface area (Å²) in [5, 5.41) is 1.75. The van der Waals surface area contributed by atoms with Crippen LogP contribution in [-0.2, 0) is 4.79 Å². The first-order valence-corrected chi connectivity index (χ1v) is 8.70. The van der Waals surface area contributed by atoms with E-state index in [9.17, 15) is 14.0 Å². The molecule has 3 heterocycles. The number of hydrogen-bond acceptors (Lipinski definition) is 4. The number of hydrogen-bond donors (Lipinski definition) is 0. The van der Waals surface area contributed by atoms with Crippen molar-refractivity contribution in [3.05, 3.63) is 16.6 Å². The molecule has 22 heavy (non-hydrogen) atoms. The van der Waals surface area contributed by atoms with Gasteiger partial charge in [0.1, 0.15) is 5.69 Å². The van der Waals surface area contributed by atoms with Gasteiger partial charge in [-0.3, -0.25) is 9.59 Å². The summed E-state index contributed by atoms with van der Waals surface area (Å²) in [6.07, 6.45) is 2.36. The Morgan fingerprint density at radius 1 is 1.36 bits per heavy atom. The van der Waals surface area contributed by atoms with E-state index < -0.39 is 5.67 Å². The summed E-state index contributed by atoms with van der Waals surface area (Å²) in [6.45, 7) is 1.75. The second-order valence-corrected chi connectivity index (χ2v) is 7.24. The first-order valence-electron chi connectivity index (χ1n) is 7.76. The van der Waals surface area contributed by atoms with Crippen molar-refractivity contribution in [2.75, 3.05) is 19.6 Å². The summed E-state index contributed by atoms with van der Waals surface area (Å²) in [4.78, 5) is 32.3. The van der Waals surface area contributed by atoms with Crippen LogP contribution in [0.1, 0.15) is 36.2 Å². The summed E-state index contributed by atoms with van der Waals surface area (Å²) >= 11 is 1.40. The molecule has 0 N–H and O–H groups in total. The molecule has 1 aromatic rings. The largest absolute Gasteiger partial charge is 0.337 e. The molecule has 0 unspecified atom stereocenters. The fourth-order valence-corrected chi connectivity index (χ4v) is 4.36. The number of fused-ring (bicyclic) bond motifs is 1. The van der Waals surface area contributed by atoms with Crippen LogP contribution in [0, 0.1) is 5.92 Å². The minimum absolute atomic E-state index is 0.0156. The van der Waals surface area contributed by atoms with E-state index in [2.05, 4.69) is 4.98 Å². The second kappa shape index (κ2) is 5.01. The average molecular weight is 323 g/mol. The van der Waals surface area contributed by atoms with Gasteiger partial charge in [-0.25, -0.2) is 9.37 Å². The van der Waals surface area contributed by atoms with Crippen molar-refractivity contribution >= 4 is 23.2 Å². The standard InChI is InChI=1S/C15H18FN3O2S/c16-15(3-1-4-15)14(21)18-6-10-2-5-19(12(10)7-18)13(20)11-8-22-9-17-11/h8-10,12H,1-7H2/t10-,12+/m0/s1. The Bertz CT molecular complexity index is 602. The number of thiazole rings is 1. The van der Waals surface area contributed by atoms with Gasteiger partial charge in [-0.15, -0.1) is 11.3 Å². The van der Waals surface area contributed by atoms with Crippen LogP contribution in [0.4, 0.5) is 4.39 Å². The Labute approximate surface area is 132 Å². The van der Waals surface area contributed by atoms with Gasteiger partial charge in [0.15, 0.2) is 5.67 Å². The molecule has 4 rings (SSSR count). The third-order valence-corrected chi connectivity index (χ3v) is 5.86. The maximum atomic E-state index is 14.3. The highest BCUT2D eigenvalue weighted by Gasteiger charge is 2.52. The lowest BCUT2D eigenvalue weighted by molar-refractivity contribution is -0.149. The Morgan fingerprint density at radius 3 is 2.82 bits per heavy atom. The number of rotatable bonds is 2. The third kappa shape index (κ3) is 2.06. The van der Waals surface area contributed by atoms with Crippen molar-refractivity contribution in [3.8, 4) is 0 Å². The fourth-order valence-electron chi connectivity index (χ4n) is 3.83. The minimum atomic E-state index is -1.64. The highest BCUT2D eigenvalue weighted by Crippen LogP contribution is 2.40. The Hall–Kier alpha value is -1.50. The predicted molar refractivity (Wildman–Crippen MR) is 79.3 cm³/mol. The number of nitrogens with zero attached hydrogens (tertiary/aromatic N) is 3. The summed E-state index contributed by atoms with van der Waals surface area (Å²) < 4.78 is 14.3. The van der Waals surface area contributed by atoms with E-state index in [-0.39, 0.29) is 23.8 Å². The summed E-state index contributed by atoms with van der Waals surface area (Å²) in [6, 6.07) is 0.0156. The second-order valence-electron chi connectivity index (χ2n) is 6.52. The molecule has 1 aliphatic carbocycles. The van der Waals surface area contributed by atoms with Crippen molar-refractivity contribution in [2.45, 2.75) is 37.4 Å². The number of carbonyl (C=O) groups is 2. The van der Waals surface area contributed by atoms with Crippen molar-refractivity contribution in [2.24, 2.45) is 5.92 Å². The van der Waals surface area contributed by atoms with Crippen LogP contribution in [0.15, 0.2) is 10.9 Å². The molecule has 5 nitrogen and oxygen atoms in total. The molecular weight excluding hydrogens is 305 g/mol. The molecule has 0 radical (unpaired) electrons. The van der Waals surface area contributed by atoms with Gasteiger partial charge in [0.2, 0.25) is 0 Å². The van der Waals surface area contributed by atoms with Crippen molar-refractivity contribution in [1.82, 2.24) is 14.8 Å². The van der Waals surface area contributed by atoms with Crippen molar-refractivity contribution < 1.29 is 14.0 Å². The maximum absolute atomic E-state index is 14.3. The molecule has 3 aliphatic rings. The molecule has 1 saturated carbocycles. The van der Waals surface area contributed by atoms with Crippen molar-refractivity contribution in [1.29, 1.82) is 0 Å². The number of halogens is 1. The van der Waals surface area contributed by atoms with Gasteiger partial charge in [0.25, 0.3) is 11.8 Å². The molecule has 7 heteroatoms. The van der Waals surface area contributed by atoms with Crippen LogP contribution in [0.3, 0.4) is 0 Å². The zero-order valence-electron chi connectivity index (χ0n) is 12.2. The van der Waals surface area contributed by atoms with E-state index in [1.54, 1.807) is 15.8 Å². The summed E-state index contributed by atoms with van der Waals surface area (Å²) in [5.74, 6) is -0.161. The number of likely N-dealkylation sites (tertiary alicyclic amines) is 2. The monoisotopic (exact) mass is 323 g/mol. The van der Waals surface area contributed by atoms with Crippen LogP contribution in [0.5, 0.6) is 0 Å². The topological polar surface area (TPSA) is 53.5 Å². The SMILES string of the molecule is O=C(c1cscn1)N1CC[C@H]2CN(C(=O)C3(F)CCC3)C[C@H]21. The van der Waals surface area contributed by atoms with Crippen LogP contribution in [0.2, 0.25) is 0 Å². The van der Waals surface area contributed by atoms with E-state index in [4.69, 9.17) is 0 Å². The van der Waals surface area contributed by atoms with E-state index in [1.807, 2.05) is 4.90 Å². The van der Waals surface area contributed by atoms with Gasteiger partial charge in [0, 0.05) is 30.9 Å². The number of alkyl halides is 1. The van der Waals surface area contributed by atoms with Gasteiger partial charge >= 0.3 is 0 Å². The van der Waals surface area contributed by atoms with Gasteiger partial charge < -0.3 is 9.80 Å². The van der Waals surface area contributed by atoms with E-state index in [1.165, 1.54) is 11.3 Å². The Balaban J connectivity index is 1.47. The summed E-state index contributed by atoms with van der Waals surface area (Å²) in [5.41, 5.74) is 0.480. The first-order chi connectivity index (χ1) is 10.6. The highest BCUT2D eigenvalue weighted by atomic mass is 32.1. The van der Waals surface area contributed by atoms with Gasteiger partial charge in [0.05, 0.1) is 11.6 Å². The third-order valence-electron chi connectivity index (χ3n) is 5.28. The van der Waals surface area contributed by atoms with E-state index >= 15 is 0 Å². The lowest BCUT2D eigenvalue weighted by Crippen LogP contribution is -2.50. The van der Waals surface area contributed by atoms with Crippen LogP contribution in [0.25, 0.3) is 0 Å². The van der Waals surface area contributed by atoms with E-state index in [0.29, 0.717) is 38.2 Å². The molecular formula is C15H18FN3O2S. The normalized spacial score (nSPS) is 29.3. The number of amides is 2. The van der Waals surface area contributed by atoms with Crippen LogP contribution < -0.4 is 0 Å². The van der Waals surface area contributed by atoms with Gasteiger partial charge in [-0.1, -0.05) is 0 Å². The number of aromatic nitrogens is 1. The molecule has 2 aliphatic heterocycles. The van der Waals surface area contributed by atoms with E-state index in [0.717, 1.165) is 12.8 Å². The molecule has 0 bridgehead atoms. The predicted octanol–water partition coefficient (Wildman–Crippen LogP) is 1.71. The highest BCUT2D eigenvalue weighted by molar-refractivity contribution is 7.07. The van der Waals surface area contributed by atoms with Gasteiger partial charge in [-0.2, -0.15) is 0 Å².